The van der Waals surface area contributed by atoms with E-state index < -0.39 is 10.0 Å². The van der Waals surface area contributed by atoms with Crippen LogP contribution in [0.5, 0.6) is 0 Å². The van der Waals surface area contributed by atoms with Gasteiger partial charge in [-0.25, -0.2) is 12.7 Å². The summed E-state index contributed by atoms with van der Waals surface area (Å²) in [4.78, 5) is 0. The van der Waals surface area contributed by atoms with Crippen molar-refractivity contribution in [3.63, 3.8) is 0 Å². The Kier molecular flexibility index (Phi) is 5.34. The maximum absolute atomic E-state index is 12.5. The van der Waals surface area contributed by atoms with Gasteiger partial charge in [0.15, 0.2) is 0 Å². The predicted molar refractivity (Wildman–Crippen MR) is 80.7 cm³/mol. The second-order valence-corrected chi connectivity index (χ2v) is 8.36. The average molecular weight is 325 g/mol. The molecule has 0 aromatic heterocycles. The SMILES string of the molecule is CN(C1CC2CCC(C1)N2)S(=O)(=O)CC1CCOC1.Cl. The maximum Gasteiger partial charge on any atom is 0.214 e. The van der Waals surface area contributed by atoms with Gasteiger partial charge in [0.25, 0.3) is 0 Å². The molecule has 7 heteroatoms. The first kappa shape index (κ1) is 16.5. The zero-order chi connectivity index (χ0) is 13.5. The summed E-state index contributed by atoms with van der Waals surface area (Å²) in [5.41, 5.74) is 0. The van der Waals surface area contributed by atoms with Crippen LogP contribution in [0.1, 0.15) is 32.1 Å². The van der Waals surface area contributed by atoms with Crippen molar-refractivity contribution in [2.75, 3.05) is 26.0 Å². The van der Waals surface area contributed by atoms with Crippen molar-refractivity contribution in [1.82, 2.24) is 9.62 Å². The van der Waals surface area contributed by atoms with Gasteiger partial charge in [-0.1, -0.05) is 0 Å². The van der Waals surface area contributed by atoms with Gasteiger partial charge in [-0.05, 0) is 38.0 Å². The monoisotopic (exact) mass is 324 g/mol. The molecule has 0 amide bonds. The number of hydrogen-bond acceptors (Lipinski definition) is 4. The number of ether oxygens (including phenoxy) is 1. The Labute approximate surface area is 127 Å². The van der Waals surface area contributed by atoms with Crippen LogP contribution in [0.2, 0.25) is 0 Å². The molecule has 3 fully saturated rings. The Hall–Kier alpha value is 0.120. The van der Waals surface area contributed by atoms with Crippen LogP contribution in [0, 0.1) is 5.92 Å². The summed E-state index contributed by atoms with van der Waals surface area (Å²) in [7, 11) is -1.37. The number of piperidine rings is 1. The molecule has 3 rings (SSSR count). The molecule has 0 aliphatic carbocycles. The van der Waals surface area contributed by atoms with Crippen LogP contribution in [0.15, 0.2) is 0 Å². The highest BCUT2D eigenvalue weighted by atomic mass is 35.5. The maximum atomic E-state index is 12.5. The molecule has 3 aliphatic heterocycles. The van der Waals surface area contributed by atoms with E-state index in [2.05, 4.69) is 5.32 Å². The smallest absolute Gasteiger partial charge is 0.214 e. The van der Waals surface area contributed by atoms with Gasteiger partial charge in [-0.3, -0.25) is 0 Å². The molecule has 0 radical (unpaired) electrons. The van der Waals surface area contributed by atoms with Crippen molar-refractivity contribution in [3.8, 4) is 0 Å². The molecule has 0 spiro atoms. The van der Waals surface area contributed by atoms with Crippen LogP contribution in [-0.4, -0.2) is 56.9 Å². The molecule has 0 saturated carbocycles. The van der Waals surface area contributed by atoms with Crippen molar-refractivity contribution in [1.29, 1.82) is 0 Å². The van der Waals surface area contributed by atoms with Gasteiger partial charge in [-0.15, -0.1) is 12.4 Å². The van der Waals surface area contributed by atoms with E-state index in [0.29, 0.717) is 25.3 Å². The molecule has 5 nitrogen and oxygen atoms in total. The fourth-order valence-electron chi connectivity index (χ4n) is 3.68. The molecular formula is C13H25ClN2O3S. The van der Waals surface area contributed by atoms with E-state index in [9.17, 15) is 8.42 Å². The summed E-state index contributed by atoms with van der Waals surface area (Å²) < 4.78 is 31.9. The largest absolute Gasteiger partial charge is 0.381 e. The van der Waals surface area contributed by atoms with Crippen molar-refractivity contribution in [3.05, 3.63) is 0 Å². The lowest BCUT2D eigenvalue weighted by molar-refractivity contribution is 0.188. The molecule has 118 valence electrons. The molecular weight excluding hydrogens is 300 g/mol. The summed E-state index contributed by atoms with van der Waals surface area (Å²) in [6, 6.07) is 1.23. The van der Waals surface area contributed by atoms with Gasteiger partial charge in [0.2, 0.25) is 10.0 Å². The molecule has 3 heterocycles. The van der Waals surface area contributed by atoms with E-state index >= 15 is 0 Å². The lowest BCUT2D eigenvalue weighted by Gasteiger charge is -2.35. The second kappa shape index (κ2) is 6.48. The Bertz CT molecular complexity index is 413. The first-order valence-electron chi connectivity index (χ1n) is 7.34. The summed E-state index contributed by atoms with van der Waals surface area (Å²) in [6.45, 7) is 1.31. The fraction of sp³-hybridized carbons (Fsp3) is 1.00. The van der Waals surface area contributed by atoms with Gasteiger partial charge >= 0.3 is 0 Å². The van der Waals surface area contributed by atoms with Gasteiger partial charge in [0.05, 0.1) is 12.4 Å². The van der Waals surface area contributed by atoms with Gasteiger partial charge in [0, 0.05) is 31.8 Å². The molecule has 3 atom stereocenters. The minimum absolute atomic E-state index is 0. The number of nitrogens with one attached hydrogen (secondary N) is 1. The van der Waals surface area contributed by atoms with Crippen molar-refractivity contribution >= 4 is 22.4 Å². The quantitative estimate of drug-likeness (QED) is 0.838. The molecule has 2 bridgehead atoms. The number of rotatable bonds is 4. The summed E-state index contributed by atoms with van der Waals surface area (Å²) >= 11 is 0. The van der Waals surface area contributed by atoms with Crippen molar-refractivity contribution in [2.45, 2.75) is 50.2 Å². The second-order valence-electron chi connectivity index (χ2n) is 6.29. The molecule has 0 aromatic rings. The Morgan fingerprint density at radius 2 is 1.85 bits per heavy atom. The van der Waals surface area contributed by atoms with Gasteiger partial charge < -0.3 is 10.1 Å². The van der Waals surface area contributed by atoms with E-state index in [4.69, 9.17) is 4.74 Å². The van der Waals surface area contributed by atoms with E-state index in [-0.39, 0.29) is 30.1 Å². The van der Waals surface area contributed by atoms with Crippen LogP contribution >= 0.6 is 12.4 Å². The van der Waals surface area contributed by atoms with Gasteiger partial charge in [0.1, 0.15) is 0 Å². The van der Waals surface area contributed by atoms with Gasteiger partial charge in [-0.2, -0.15) is 0 Å². The Morgan fingerprint density at radius 1 is 1.20 bits per heavy atom. The zero-order valence-corrected chi connectivity index (χ0v) is 13.6. The predicted octanol–water partition coefficient (Wildman–Crippen LogP) is 0.989. The topological polar surface area (TPSA) is 58.6 Å². The molecule has 3 aliphatic rings. The standard InChI is InChI=1S/C13H24N2O3S.ClH/c1-15(13-6-11-2-3-12(7-13)14-11)19(16,17)9-10-4-5-18-8-10;/h10-14H,2-9H2,1H3;1H. The molecule has 20 heavy (non-hydrogen) atoms. The van der Waals surface area contributed by atoms with E-state index in [1.54, 1.807) is 11.4 Å². The number of fused-ring (bicyclic) bond motifs is 2. The highest BCUT2D eigenvalue weighted by molar-refractivity contribution is 7.89. The molecule has 0 aromatic carbocycles. The number of nitrogens with zero attached hydrogens (tertiary/aromatic N) is 1. The lowest BCUT2D eigenvalue weighted by atomic mass is 10.0. The van der Waals surface area contributed by atoms with Crippen LogP contribution in [0.4, 0.5) is 0 Å². The third kappa shape index (κ3) is 3.47. The molecule has 1 N–H and O–H groups in total. The molecule has 3 saturated heterocycles. The summed E-state index contributed by atoms with van der Waals surface area (Å²) in [5, 5.41) is 3.56. The number of sulfonamides is 1. The van der Waals surface area contributed by atoms with Crippen LogP contribution in [-0.2, 0) is 14.8 Å². The van der Waals surface area contributed by atoms with E-state index in [1.165, 1.54) is 12.8 Å². The first-order valence-corrected chi connectivity index (χ1v) is 8.95. The Balaban J connectivity index is 0.00000147. The fourth-order valence-corrected chi connectivity index (χ4v) is 5.40. The normalized spacial score (nSPS) is 37.1. The van der Waals surface area contributed by atoms with Crippen LogP contribution < -0.4 is 5.32 Å². The van der Waals surface area contributed by atoms with E-state index in [1.807, 2.05) is 0 Å². The third-order valence-electron chi connectivity index (χ3n) is 4.87. The van der Waals surface area contributed by atoms with Crippen LogP contribution in [0.25, 0.3) is 0 Å². The third-order valence-corrected chi connectivity index (χ3v) is 6.94. The van der Waals surface area contributed by atoms with Crippen molar-refractivity contribution < 1.29 is 13.2 Å². The summed E-state index contributed by atoms with van der Waals surface area (Å²) in [6.07, 6.45) is 5.21. The lowest BCUT2D eigenvalue weighted by Crippen LogP contribution is -2.49. The summed E-state index contributed by atoms with van der Waals surface area (Å²) in [5.74, 6) is 0.439. The highest BCUT2D eigenvalue weighted by Crippen LogP contribution is 2.31. The highest BCUT2D eigenvalue weighted by Gasteiger charge is 2.39. The van der Waals surface area contributed by atoms with Crippen LogP contribution in [0.3, 0.4) is 0 Å². The average Bonchev–Trinajstić information content (AvgIpc) is 2.98. The minimum Gasteiger partial charge on any atom is -0.381 e. The minimum atomic E-state index is -3.14. The Morgan fingerprint density at radius 3 is 2.40 bits per heavy atom. The number of hydrogen-bond donors (Lipinski definition) is 1. The molecule has 3 unspecified atom stereocenters. The zero-order valence-electron chi connectivity index (χ0n) is 12.0. The van der Waals surface area contributed by atoms with E-state index in [0.717, 1.165) is 19.3 Å². The first-order chi connectivity index (χ1) is 9.04. The van der Waals surface area contributed by atoms with Crippen molar-refractivity contribution in [2.24, 2.45) is 5.92 Å². The number of halogens is 1.